The highest BCUT2D eigenvalue weighted by Crippen LogP contribution is 2.29. The van der Waals surface area contributed by atoms with E-state index in [0.717, 1.165) is 11.1 Å². The Morgan fingerprint density at radius 3 is 2.50 bits per heavy atom. The zero-order valence-electron chi connectivity index (χ0n) is 14.1. The molecule has 0 fully saturated rings. The van der Waals surface area contributed by atoms with Gasteiger partial charge in [-0.1, -0.05) is 35.9 Å². The molecule has 2 aromatic rings. The monoisotopic (exact) mass is 347 g/mol. The molecular weight excluding hydrogens is 326 g/mol. The van der Waals surface area contributed by atoms with E-state index in [1.54, 1.807) is 14.2 Å². The fraction of sp³-hybridized carbons (Fsp3) is 0.316. The minimum atomic E-state index is -0.122. The lowest BCUT2D eigenvalue weighted by molar-refractivity contribution is -0.121. The summed E-state index contributed by atoms with van der Waals surface area (Å²) in [6, 6.07) is 13.1. The predicted molar refractivity (Wildman–Crippen MR) is 95.9 cm³/mol. The first kappa shape index (κ1) is 18.1. The Morgan fingerprint density at radius 1 is 1.12 bits per heavy atom. The van der Waals surface area contributed by atoms with Crippen LogP contribution in [0.1, 0.15) is 30.5 Å². The molecule has 1 amide bonds. The van der Waals surface area contributed by atoms with E-state index in [1.807, 2.05) is 49.4 Å². The summed E-state index contributed by atoms with van der Waals surface area (Å²) in [7, 11) is 3.19. The summed E-state index contributed by atoms with van der Waals surface area (Å²) in [5, 5.41) is 3.69. The highest BCUT2D eigenvalue weighted by Gasteiger charge is 2.13. The summed E-state index contributed by atoms with van der Waals surface area (Å²) in [6.45, 7) is 1.94. The summed E-state index contributed by atoms with van der Waals surface area (Å²) < 4.78 is 10.5. The fourth-order valence-electron chi connectivity index (χ4n) is 2.47. The molecule has 1 atom stereocenters. The molecule has 2 aromatic carbocycles. The number of benzene rings is 2. The normalized spacial score (nSPS) is 11.7. The van der Waals surface area contributed by atoms with Crippen LogP contribution in [0, 0.1) is 0 Å². The molecule has 128 valence electrons. The summed E-state index contributed by atoms with van der Waals surface area (Å²) >= 11 is 6.11. The van der Waals surface area contributed by atoms with E-state index in [9.17, 15) is 4.79 Å². The molecule has 0 aromatic heterocycles. The summed E-state index contributed by atoms with van der Waals surface area (Å²) in [5.74, 6) is 1.29. The molecule has 0 bridgehead atoms. The largest absolute Gasteiger partial charge is 0.493 e. The molecule has 1 N–H and O–H groups in total. The number of rotatable bonds is 7. The van der Waals surface area contributed by atoms with Gasteiger partial charge in [0.1, 0.15) is 0 Å². The van der Waals surface area contributed by atoms with Gasteiger partial charge in [0, 0.05) is 11.4 Å². The van der Waals surface area contributed by atoms with Gasteiger partial charge in [-0.3, -0.25) is 4.79 Å². The van der Waals surface area contributed by atoms with E-state index in [4.69, 9.17) is 21.1 Å². The van der Waals surface area contributed by atoms with Gasteiger partial charge in [0.25, 0.3) is 0 Å². The van der Waals surface area contributed by atoms with Gasteiger partial charge in [0.05, 0.1) is 20.3 Å². The Labute approximate surface area is 147 Å². The van der Waals surface area contributed by atoms with E-state index in [2.05, 4.69) is 5.32 Å². The number of nitrogens with one attached hydrogen (secondary N) is 1. The van der Waals surface area contributed by atoms with E-state index < -0.39 is 0 Å². The molecule has 0 saturated carbocycles. The van der Waals surface area contributed by atoms with Crippen molar-refractivity contribution in [2.75, 3.05) is 14.2 Å². The van der Waals surface area contributed by atoms with Crippen LogP contribution >= 0.6 is 11.6 Å². The Morgan fingerprint density at radius 2 is 1.83 bits per heavy atom. The average Bonchev–Trinajstić information content (AvgIpc) is 2.60. The zero-order chi connectivity index (χ0) is 17.5. The lowest BCUT2D eigenvalue weighted by Gasteiger charge is -2.16. The van der Waals surface area contributed by atoms with Crippen LogP contribution in [0.15, 0.2) is 42.5 Å². The van der Waals surface area contributed by atoms with Gasteiger partial charge in [-0.25, -0.2) is 0 Å². The van der Waals surface area contributed by atoms with Gasteiger partial charge in [-0.15, -0.1) is 0 Å². The van der Waals surface area contributed by atoms with Crippen LogP contribution in [0.3, 0.4) is 0 Å². The second-order valence-corrected chi connectivity index (χ2v) is 5.90. The number of aryl methyl sites for hydroxylation is 1. The highest BCUT2D eigenvalue weighted by molar-refractivity contribution is 6.31. The topological polar surface area (TPSA) is 47.6 Å². The minimum Gasteiger partial charge on any atom is -0.493 e. The quantitative estimate of drug-likeness (QED) is 0.817. The Kier molecular flexibility index (Phi) is 6.50. The number of methoxy groups -OCH3 is 2. The molecule has 0 saturated heterocycles. The number of amides is 1. The molecule has 0 aliphatic rings. The zero-order valence-corrected chi connectivity index (χ0v) is 14.9. The lowest BCUT2D eigenvalue weighted by Crippen LogP contribution is -2.26. The van der Waals surface area contributed by atoms with Crippen molar-refractivity contribution in [2.24, 2.45) is 0 Å². The maximum Gasteiger partial charge on any atom is 0.220 e. The Bertz CT molecular complexity index is 703. The minimum absolute atomic E-state index is 0.0165. The number of carbonyl (C=O) groups excluding carboxylic acids is 1. The van der Waals surface area contributed by atoms with E-state index >= 15 is 0 Å². The van der Waals surface area contributed by atoms with Crippen molar-refractivity contribution in [3.8, 4) is 11.5 Å². The third-order valence-electron chi connectivity index (χ3n) is 3.86. The Balaban J connectivity index is 1.95. The van der Waals surface area contributed by atoms with Gasteiger partial charge in [-0.05, 0) is 42.7 Å². The van der Waals surface area contributed by atoms with Crippen LogP contribution in [0.5, 0.6) is 11.5 Å². The number of ether oxygens (including phenoxy) is 2. The van der Waals surface area contributed by atoms with Crippen LogP contribution < -0.4 is 14.8 Å². The number of carbonyl (C=O) groups is 1. The predicted octanol–water partition coefficient (Wildman–Crippen LogP) is 4.17. The van der Waals surface area contributed by atoms with Gasteiger partial charge < -0.3 is 14.8 Å². The molecule has 0 aliphatic carbocycles. The maximum atomic E-state index is 12.2. The van der Waals surface area contributed by atoms with Crippen molar-refractivity contribution in [1.29, 1.82) is 0 Å². The first-order chi connectivity index (χ1) is 11.5. The highest BCUT2D eigenvalue weighted by atomic mass is 35.5. The summed E-state index contributed by atoms with van der Waals surface area (Å²) in [6.07, 6.45) is 1.01. The molecule has 24 heavy (non-hydrogen) atoms. The average molecular weight is 348 g/mol. The maximum absolute atomic E-state index is 12.2. The number of halogens is 1. The number of hydrogen-bond donors (Lipinski definition) is 1. The first-order valence-corrected chi connectivity index (χ1v) is 8.17. The van der Waals surface area contributed by atoms with Gasteiger partial charge in [-0.2, -0.15) is 0 Å². The van der Waals surface area contributed by atoms with Crippen molar-refractivity contribution in [3.05, 3.63) is 58.6 Å². The van der Waals surface area contributed by atoms with Gasteiger partial charge >= 0.3 is 0 Å². The van der Waals surface area contributed by atoms with Crippen molar-refractivity contribution >= 4 is 17.5 Å². The van der Waals surface area contributed by atoms with E-state index in [-0.39, 0.29) is 11.9 Å². The Hall–Kier alpha value is -2.20. The van der Waals surface area contributed by atoms with Gasteiger partial charge in [0.2, 0.25) is 5.91 Å². The molecule has 0 spiro atoms. The molecular formula is C19H22ClNO3. The standard InChI is InChI=1S/C19H22ClNO3/c1-13(15-8-10-17(23-2)18(12-15)24-3)21-19(22)11-9-14-6-4-5-7-16(14)20/h4-8,10,12-13H,9,11H2,1-3H3,(H,21,22). The molecule has 2 rings (SSSR count). The van der Waals surface area contributed by atoms with Crippen molar-refractivity contribution in [1.82, 2.24) is 5.32 Å². The van der Waals surface area contributed by atoms with Crippen LogP contribution in [0.25, 0.3) is 0 Å². The van der Waals surface area contributed by atoms with Crippen LogP contribution in [0.2, 0.25) is 5.02 Å². The smallest absolute Gasteiger partial charge is 0.220 e. The summed E-state index contributed by atoms with van der Waals surface area (Å²) in [4.78, 5) is 12.2. The van der Waals surface area contributed by atoms with Crippen LogP contribution in [0.4, 0.5) is 0 Å². The molecule has 0 aliphatic heterocycles. The second kappa shape index (κ2) is 8.60. The summed E-state index contributed by atoms with van der Waals surface area (Å²) in [5.41, 5.74) is 1.94. The van der Waals surface area contributed by atoms with Crippen molar-refractivity contribution in [2.45, 2.75) is 25.8 Å². The van der Waals surface area contributed by atoms with Crippen LogP contribution in [-0.2, 0) is 11.2 Å². The first-order valence-electron chi connectivity index (χ1n) is 7.80. The van der Waals surface area contributed by atoms with E-state index in [0.29, 0.717) is 29.4 Å². The molecule has 0 heterocycles. The van der Waals surface area contributed by atoms with E-state index in [1.165, 1.54) is 0 Å². The molecule has 1 unspecified atom stereocenters. The lowest BCUT2D eigenvalue weighted by atomic mass is 10.1. The third kappa shape index (κ3) is 4.65. The molecule has 5 heteroatoms. The van der Waals surface area contributed by atoms with Crippen molar-refractivity contribution in [3.63, 3.8) is 0 Å². The third-order valence-corrected chi connectivity index (χ3v) is 4.23. The molecule has 4 nitrogen and oxygen atoms in total. The van der Waals surface area contributed by atoms with Gasteiger partial charge in [0.15, 0.2) is 11.5 Å². The number of hydrogen-bond acceptors (Lipinski definition) is 3. The fourth-order valence-corrected chi connectivity index (χ4v) is 2.70. The second-order valence-electron chi connectivity index (χ2n) is 5.50. The van der Waals surface area contributed by atoms with Crippen LogP contribution in [-0.4, -0.2) is 20.1 Å². The SMILES string of the molecule is COc1ccc(C(C)NC(=O)CCc2ccccc2Cl)cc1OC. The molecule has 0 radical (unpaired) electrons. The van der Waals surface area contributed by atoms with Crippen molar-refractivity contribution < 1.29 is 14.3 Å².